The Labute approximate surface area is 114 Å². The molecule has 0 saturated carbocycles. The number of ether oxygens (including phenoxy) is 1. The topological polar surface area (TPSA) is 55.0 Å². The van der Waals surface area contributed by atoms with E-state index in [1.807, 2.05) is 37.3 Å². The molecular weight excluding hydrogens is 275 g/mol. The molecule has 0 radical (unpaired) electrons. The van der Waals surface area contributed by atoms with Gasteiger partial charge >= 0.3 is 0 Å². The molecular formula is C12H10Cl2N2O2. The van der Waals surface area contributed by atoms with Crippen LogP contribution >= 0.6 is 23.2 Å². The van der Waals surface area contributed by atoms with Gasteiger partial charge < -0.3 is 4.74 Å². The van der Waals surface area contributed by atoms with Gasteiger partial charge in [-0.05, 0) is 12.5 Å². The molecule has 0 aliphatic carbocycles. The number of H-pyrrole nitrogens is 1. The van der Waals surface area contributed by atoms with Crippen molar-refractivity contribution < 1.29 is 4.74 Å². The minimum atomic E-state index is -0.540. The van der Waals surface area contributed by atoms with Crippen molar-refractivity contribution in [1.29, 1.82) is 0 Å². The summed E-state index contributed by atoms with van der Waals surface area (Å²) in [4.78, 5) is 11.2. The van der Waals surface area contributed by atoms with E-state index in [0.29, 0.717) is 0 Å². The maximum atomic E-state index is 11.2. The summed E-state index contributed by atoms with van der Waals surface area (Å²) in [5.41, 5.74) is 0.430. The Morgan fingerprint density at radius 2 is 1.89 bits per heavy atom. The van der Waals surface area contributed by atoms with Crippen LogP contribution in [0.4, 0.5) is 0 Å². The van der Waals surface area contributed by atoms with Crippen molar-refractivity contribution in [1.82, 2.24) is 10.2 Å². The molecule has 0 amide bonds. The van der Waals surface area contributed by atoms with E-state index in [9.17, 15) is 4.79 Å². The highest BCUT2D eigenvalue weighted by molar-refractivity contribution is 6.42. The number of benzene rings is 1. The van der Waals surface area contributed by atoms with Gasteiger partial charge in [-0.2, -0.15) is 0 Å². The number of nitrogens with zero attached hydrogens (tertiary/aromatic N) is 1. The number of hydrogen-bond acceptors (Lipinski definition) is 3. The zero-order valence-electron chi connectivity index (χ0n) is 9.48. The predicted molar refractivity (Wildman–Crippen MR) is 70.4 cm³/mol. The van der Waals surface area contributed by atoms with Crippen LogP contribution in [0.1, 0.15) is 18.6 Å². The molecule has 0 saturated heterocycles. The number of halogens is 2. The second-order valence-corrected chi connectivity index (χ2v) is 4.41. The molecule has 1 aromatic heterocycles. The van der Waals surface area contributed by atoms with Gasteiger partial charge in [-0.1, -0.05) is 53.5 Å². The molecule has 6 heteroatoms. The van der Waals surface area contributed by atoms with E-state index in [1.165, 1.54) is 0 Å². The lowest BCUT2D eigenvalue weighted by Crippen LogP contribution is -2.12. The van der Waals surface area contributed by atoms with Gasteiger partial charge in [0.15, 0.2) is 0 Å². The Kier molecular flexibility index (Phi) is 3.89. The van der Waals surface area contributed by atoms with E-state index in [4.69, 9.17) is 27.9 Å². The quantitative estimate of drug-likeness (QED) is 0.942. The molecule has 0 fully saturated rings. The molecule has 1 atom stereocenters. The summed E-state index contributed by atoms with van der Waals surface area (Å²) in [6, 6.07) is 9.57. The third kappa shape index (κ3) is 2.66. The van der Waals surface area contributed by atoms with Crippen molar-refractivity contribution in [3.8, 4) is 5.88 Å². The van der Waals surface area contributed by atoms with Crippen molar-refractivity contribution in [3.05, 3.63) is 56.3 Å². The van der Waals surface area contributed by atoms with Crippen molar-refractivity contribution >= 4 is 23.2 Å². The predicted octanol–water partition coefficient (Wildman–Crippen LogP) is 3.22. The molecule has 1 heterocycles. The average Bonchev–Trinajstić information content (AvgIpc) is 2.40. The van der Waals surface area contributed by atoms with Crippen molar-refractivity contribution in [3.63, 3.8) is 0 Å². The van der Waals surface area contributed by atoms with Crippen LogP contribution in [-0.4, -0.2) is 10.2 Å². The first kappa shape index (κ1) is 12.9. The first-order valence-electron chi connectivity index (χ1n) is 5.25. The summed E-state index contributed by atoms with van der Waals surface area (Å²) in [7, 11) is 0. The van der Waals surface area contributed by atoms with E-state index in [-0.39, 0.29) is 22.0 Å². The van der Waals surface area contributed by atoms with E-state index < -0.39 is 5.56 Å². The Morgan fingerprint density at radius 1 is 1.22 bits per heavy atom. The molecule has 2 aromatic rings. The first-order chi connectivity index (χ1) is 8.59. The fourth-order valence-electron chi connectivity index (χ4n) is 1.43. The fraction of sp³-hybridized carbons (Fsp3) is 0.167. The molecule has 1 aromatic carbocycles. The van der Waals surface area contributed by atoms with Crippen molar-refractivity contribution in [2.75, 3.05) is 0 Å². The van der Waals surface area contributed by atoms with Crippen LogP contribution in [-0.2, 0) is 0 Å². The molecule has 0 bridgehead atoms. The van der Waals surface area contributed by atoms with E-state index in [0.717, 1.165) is 5.56 Å². The first-order valence-corrected chi connectivity index (χ1v) is 6.00. The number of rotatable bonds is 3. The average molecular weight is 285 g/mol. The number of aromatic nitrogens is 2. The van der Waals surface area contributed by atoms with Gasteiger partial charge in [0.2, 0.25) is 0 Å². The standard InChI is InChI=1S/C12H10Cl2N2O2/c1-7(8-5-3-2-4-6-8)18-12-10(14)9(13)11(17)15-16-12/h2-7H,1H3,(H,15,17). The van der Waals surface area contributed by atoms with Gasteiger partial charge in [-0.15, -0.1) is 5.10 Å². The Hall–Kier alpha value is -1.52. The van der Waals surface area contributed by atoms with Crippen LogP contribution in [0.15, 0.2) is 35.1 Å². The zero-order valence-corrected chi connectivity index (χ0v) is 11.0. The van der Waals surface area contributed by atoms with Crippen LogP contribution in [0.3, 0.4) is 0 Å². The maximum Gasteiger partial charge on any atom is 0.284 e. The molecule has 4 nitrogen and oxygen atoms in total. The minimum absolute atomic E-state index is 0.0168. The molecule has 94 valence electrons. The third-order valence-electron chi connectivity index (χ3n) is 2.40. The largest absolute Gasteiger partial charge is 0.468 e. The smallest absolute Gasteiger partial charge is 0.284 e. The van der Waals surface area contributed by atoms with E-state index in [1.54, 1.807) is 0 Å². The second kappa shape index (κ2) is 5.42. The monoisotopic (exact) mass is 284 g/mol. The minimum Gasteiger partial charge on any atom is -0.468 e. The highest BCUT2D eigenvalue weighted by Crippen LogP contribution is 2.29. The summed E-state index contributed by atoms with van der Waals surface area (Å²) in [5.74, 6) is 0.109. The normalized spacial score (nSPS) is 12.2. The lowest BCUT2D eigenvalue weighted by Gasteiger charge is -2.14. The molecule has 18 heavy (non-hydrogen) atoms. The molecule has 2 rings (SSSR count). The Bertz CT molecular complexity index is 599. The van der Waals surface area contributed by atoms with Crippen LogP contribution < -0.4 is 10.3 Å². The molecule has 0 spiro atoms. The van der Waals surface area contributed by atoms with Crippen LogP contribution in [0, 0.1) is 0 Å². The summed E-state index contributed by atoms with van der Waals surface area (Å²) in [6.45, 7) is 1.85. The molecule has 1 unspecified atom stereocenters. The highest BCUT2D eigenvalue weighted by Gasteiger charge is 2.15. The summed E-state index contributed by atoms with van der Waals surface area (Å²) in [5, 5.41) is 5.84. The van der Waals surface area contributed by atoms with Crippen LogP contribution in [0.2, 0.25) is 10.0 Å². The SMILES string of the molecule is CC(Oc1n[nH]c(=O)c(Cl)c1Cl)c1ccccc1. The molecule has 0 aliphatic heterocycles. The third-order valence-corrected chi connectivity index (χ3v) is 3.20. The summed E-state index contributed by atoms with van der Waals surface area (Å²) >= 11 is 11.6. The number of hydrogen-bond donors (Lipinski definition) is 1. The van der Waals surface area contributed by atoms with Gasteiger partial charge in [0.1, 0.15) is 16.1 Å². The molecule has 0 aliphatic rings. The summed E-state index contributed by atoms with van der Waals surface area (Å²) in [6.07, 6.45) is -0.252. The fourth-order valence-corrected chi connectivity index (χ4v) is 1.73. The van der Waals surface area contributed by atoms with Gasteiger partial charge in [0.25, 0.3) is 11.4 Å². The van der Waals surface area contributed by atoms with Gasteiger partial charge in [-0.25, -0.2) is 5.10 Å². The summed E-state index contributed by atoms with van der Waals surface area (Å²) < 4.78 is 5.57. The van der Waals surface area contributed by atoms with Gasteiger partial charge in [0.05, 0.1) is 0 Å². The second-order valence-electron chi connectivity index (χ2n) is 3.66. The van der Waals surface area contributed by atoms with Crippen molar-refractivity contribution in [2.45, 2.75) is 13.0 Å². The van der Waals surface area contributed by atoms with Crippen molar-refractivity contribution in [2.24, 2.45) is 0 Å². The van der Waals surface area contributed by atoms with E-state index in [2.05, 4.69) is 10.2 Å². The lowest BCUT2D eigenvalue weighted by molar-refractivity contribution is 0.215. The van der Waals surface area contributed by atoms with Gasteiger partial charge in [0, 0.05) is 0 Å². The number of aromatic amines is 1. The lowest BCUT2D eigenvalue weighted by atomic mass is 10.1. The Morgan fingerprint density at radius 3 is 2.56 bits per heavy atom. The van der Waals surface area contributed by atoms with Crippen LogP contribution in [0.25, 0.3) is 0 Å². The van der Waals surface area contributed by atoms with Crippen LogP contribution in [0.5, 0.6) is 5.88 Å². The molecule has 1 N–H and O–H groups in total. The Balaban J connectivity index is 2.25. The van der Waals surface area contributed by atoms with E-state index >= 15 is 0 Å². The zero-order chi connectivity index (χ0) is 13.1. The highest BCUT2D eigenvalue weighted by atomic mass is 35.5. The van der Waals surface area contributed by atoms with Gasteiger partial charge in [-0.3, -0.25) is 4.79 Å². The maximum absolute atomic E-state index is 11.2. The number of nitrogens with one attached hydrogen (secondary N) is 1.